The second-order valence-electron chi connectivity index (χ2n) is 5.12. The zero-order valence-electron chi connectivity index (χ0n) is 11.2. The Morgan fingerprint density at radius 2 is 1.83 bits per heavy atom. The summed E-state index contributed by atoms with van der Waals surface area (Å²) in [6, 6.07) is 10.0. The van der Waals surface area contributed by atoms with Crippen molar-refractivity contribution in [3.8, 4) is 0 Å². The molecule has 1 aromatic carbocycles. The lowest BCUT2D eigenvalue weighted by Crippen LogP contribution is -2.06. The van der Waals surface area contributed by atoms with Crippen LogP contribution in [0.25, 0.3) is 0 Å². The summed E-state index contributed by atoms with van der Waals surface area (Å²) < 4.78 is 1.70. The number of aryl methyl sites for hydroxylation is 1. The molecule has 96 valence electrons. The zero-order chi connectivity index (χ0) is 13.1. The van der Waals surface area contributed by atoms with Gasteiger partial charge in [-0.2, -0.15) is 5.10 Å². The highest BCUT2D eigenvalue weighted by molar-refractivity contribution is 5.29. The molecule has 2 rings (SSSR count). The maximum atomic E-state index is 10.3. The summed E-state index contributed by atoms with van der Waals surface area (Å²) in [5, 5.41) is 14.4. The van der Waals surface area contributed by atoms with Crippen molar-refractivity contribution >= 4 is 0 Å². The lowest BCUT2D eigenvalue weighted by atomic mass is 9.99. The molecule has 0 spiro atoms. The van der Waals surface area contributed by atoms with Crippen LogP contribution < -0.4 is 0 Å². The highest BCUT2D eigenvalue weighted by Gasteiger charge is 2.13. The molecule has 0 fully saturated rings. The first-order valence-electron chi connectivity index (χ1n) is 6.32. The summed E-state index contributed by atoms with van der Waals surface area (Å²) in [6.45, 7) is 4.41. The van der Waals surface area contributed by atoms with E-state index in [0.717, 1.165) is 17.7 Å². The van der Waals surface area contributed by atoms with Crippen molar-refractivity contribution < 1.29 is 5.11 Å². The van der Waals surface area contributed by atoms with Crippen LogP contribution in [0.1, 0.15) is 36.8 Å². The van der Waals surface area contributed by atoms with Crippen LogP contribution in [0.15, 0.2) is 36.5 Å². The molecule has 0 saturated heterocycles. The van der Waals surface area contributed by atoms with E-state index >= 15 is 0 Å². The van der Waals surface area contributed by atoms with E-state index in [0.29, 0.717) is 5.92 Å². The Morgan fingerprint density at radius 1 is 1.17 bits per heavy atom. The van der Waals surface area contributed by atoms with Gasteiger partial charge in [-0.1, -0.05) is 38.1 Å². The van der Waals surface area contributed by atoms with Crippen molar-refractivity contribution in [1.29, 1.82) is 0 Å². The van der Waals surface area contributed by atoms with Gasteiger partial charge in [-0.25, -0.2) is 0 Å². The number of aliphatic hydroxyl groups is 1. The molecule has 1 N–H and O–H groups in total. The van der Waals surface area contributed by atoms with Crippen molar-refractivity contribution in [3.05, 3.63) is 53.3 Å². The molecular formula is C15H20N2O. The molecule has 0 aliphatic carbocycles. The monoisotopic (exact) mass is 244 g/mol. The molecule has 0 aliphatic heterocycles. The highest BCUT2D eigenvalue weighted by atomic mass is 16.3. The van der Waals surface area contributed by atoms with E-state index in [-0.39, 0.29) is 0 Å². The van der Waals surface area contributed by atoms with Gasteiger partial charge >= 0.3 is 0 Å². The van der Waals surface area contributed by atoms with Gasteiger partial charge in [0.1, 0.15) is 6.10 Å². The largest absolute Gasteiger partial charge is 0.382 e. The number of hydrogen-bond acceptors (Lipinski definition) is 2. The average molecular weight is 244 g/mol. The molecule has 0 amide bonds. The van der Waals surface area contributed by atoms with Gasteiger partial charge in [0.05, 0.1) is 5.69 Å². The molecule has 3 heteroatoms. The first-order valence-corrected chi connectivity index (χ1v) is 6.32. The second-order valence-corrected chi connectivity index (χ2v) is 5.12. The number of aromatic nitrogens is 2. The summed E-state index contributed by atoms with van der Waals surface area (Å²) in [5.41, 5.74) is 3.03. The Kier molecular flexibility index (Phi) is 3.82. The Bertz CT molecular complexity index is 499. The van der Waals surface area contributed by atoms with Gasteiger partial charge in [0.2, 0.25) is 0 Å². The van der Waals surface area contributed by atoms with Gasteiger partial charge in [0.25, 0.3) is 0 Å². The molecule has 1 heterocycles. The first kappa shape index (κ1) is 12.8. The minimum atomic E-state index is -0.606. The Morgan fingerprint density at radius 3 is 2.33 bits per heavy atom. The van der Waals surface area contributed by atoms with Crippen molar-refractivity contribution in [1.82, 2.24) is 9.78 Å². The smallest absolute Gasteiger partial charge is 0.121 e. The third-order valence-corrected chi connectivity index (χ3v) is 3.08. The van der Waals surface area contributed by atoms with Crippen LogP contribution in [0, 0.1) is 5.92 Å². The number of nitrogens with zero attached hydrogens (tertiary/aromatic N) is 2. The summed E-state index contributed by atoms with van der Waals surface area (Å²) in [5.74, 6) is 0.651. The Hall–Kier alpha value is -1.61. The molecule has 3 nitrogen and oxygen atoms in total. The van der Waals surface area contributed by atoms with E-state index in [4.69, 9.17) is 0 Å². The van der Waals surface area contributed by atoms with Crippen molar-refractivity contribution in [2.24, 2.45) is 13.0 Å². The van der Waals surface area contributed by atoms with Crippen LogP contribution in [0.2, 0.25) is 0 Å². The summed E-state index contributed by atoms with van der Waals surface area (Å²) in [6.07, 6.45) is 2.17. The fraction of sp³-hybridized carbons (Fsp3) is 0.400. The standard InChI is InChI=1S/C15H20N2O/c1-11(2)10-12-4-6-13(7-5-12)15(18)14-8-9-16-17(14)3/h4-9,11,15,18H,10H2,1-3H3. The molecule has 0 radical (unpaired) electrons. The topological polar surface area (TPSA) is 38.1 Å². The molecule has 18 heavy (non-hydrogen) atoms. The predicted octanol–water partition coefficient (Wildman–Crippen LogP) is 2.70. The molecule has 1 unspecified atom stereocenters. The molecule has 1 atom stereocenters. The van der Waals surface area contributed by atoms with Gasteiger partial charge < -0.3 is 5.11 Å². The molecule has 2 aromatic rings. The Labute approximate surface area is 108 Å². The maximum Gasteiger partial charge on any atom is 0.121 e. The normalized spacial score (nSPS) is 12.9. The van der Waals surface area contributed by atoms with Gasteiger partial charge in [-0.05, 0) is 29.5 Å². The summed E-state index contributed by atoms with van der Waals surface area (Å²) in [7, 11) is 1.84. The Balaban J connectivity index is 2.17. The number of hydrogen-bond donors (Lipinski definition) is 1. The zero-order valence-corrected chi connectivity index (χ0v) is 11.2. The third-order valence-electron chi connectivity index (χ3n) is 3.08. The van der Waals surface area contributed by atoms with Crippen molar-refractivity contribution in [3.63, 3.8) is 0 Å². The van der Waals surface area contributed by atoms with E-state index in [2.05, 4.69) is 31.1 Å². The van der Waals surface area contributed by atoms with Crippen molar-refractivity contribution in [2.75, 3.05) is 0 Å². The maximum absolute atomic E-state index is 10.3. The van der Waals surface area contributed by atoms with Gasteiger partial charge in [0, 0.05) is 13.2 Å². The number of benzene rings is 1. The van der Waals surface area contributed by atoms with E-state index in [9.17, 15) is 5.11 Å². The minimum absolute atomic E-state index is 0.606. The van der Waals surface area contributed by atoms with E-state index in [1.807, 2.05) is 25.2 Å². The lowest BCUT2D eigenvalue weighted by Gasteiger charge is -2.12. The molecule has 1 aromatic heterocycles. The number of rotatable bonds is 4. The molecular weight excluding hydrogens is 224 g/mol. The first-order chi connectivity index (χ1) is 8.58. The molecule has 0 bridgehead atoms. The highest BCUT2D eigenvalue weighted by Crippen LogP contribution is 2.22. The lowest BCUT2D eigenvalue weighted by molar-refractivity contribution is 0.209. The van der Waals surface area contributed by atoms with Crippen LogP contribution >= 0.6 is 0 Å². The third kappa shape index (κ3) is 2.79. The molecule has 0 saturated carbocycles. The van der Waals surface area contributed by atoms with Crippen LogP contribution in [-0.2, 0) is 13.5 Å². The van der Waals surface area contributed by atoms with Crippen LogP contribution in [-0.4, -0.2) is 14.9 Å². The van der Waals surface area contributed by atoms with Crippen LogP contribution in [0.5, 0.6) is 0 Å². The van der Waals surface area contributed by atoms with E-state index in [1.54, 1.807) is 10.9 Å². The summed E-state index contributed by atoms with van der Waals surface area (Å²) >= 11 is 0. The minimum Gasteiger partial charge on any atom is -0.382 e. The van der Waals surface area contributed by atoms with Gasteiger partial charge in [-0.3, -0.25) is 4.68 Å². The van der Waals surface area contributed by atoms with Crippen LogP contribution in [0.3, 0.4) is 0 Å². The van der Waals surface area contributed by atoms with Crippen molar-refractivity contribution in [2.45, 2.75) is 26.4 Å². The quantitative estimate of drug-likeness (QED) is 0.898. The fourth-order valence-corrected chi connectivity index (χ4v) is 2.13. The summed E-state index contributed by atoms with van der Waals surface area (Å²) in [4.78, 5) is 0. The van der Waals surface area contributed by atoms with Gasteiger partial charge in [0.15, 0.2) is 0 Å². The van der Waals surface area contributed by atoms with Crippen LogP contribution in [0.4, 0.5) is 0 Å². The van der Waals surface area contributed by atoms with Gasteiger partial charge in [-0.15, -0.1) is 0 Å². The predicted molar refractivity (Wildman–Crippen MR) is 72.3 cm³/mol. The number of aliphatic hydroxyl groups excluding tert-OH is 1. The van der Waals surface area contributed by atoms with E-state index in [1.165, 1.54) is 5.56 Å². The van der Waals surface area contributed by atoms with E-state index < -0.39 is 6.10 Å². The second kappa shape index (κ2) is 5.36. The molecule has 0 aliphatic rings. The fourth-order valence-electron chi connectivity index (χ4n) is 2.13. The SMILES string of the molecule is CC(C)Cc1ccc(C(O)c2ccnn2C)cc1. The average Bonchev–Trinajstić information content (AvgIpc) is 2.75.